The van der Waals surface area contributed by atoms with E-state index in [0.717, 1.165) is 29.0 Å². The van der Waals surface area contributed by atoms with Gasteiger partial charge in [0, 0.05) is 41.0 Å². The van der Waals surface area contributed by atoms with Gasteiger partial charge in [0.15, 0.2) is 5.13 Å². The van der Waals surface area contributed by atoms with E-state index in [2.05, 4.69) is 15.2 Å². The molecule has 1 aromatic heterocycles. The van der Waals surface area contributed by atoms with Crippen LogP contribution in [0, 0.1) is 0 Å². The number of carbonyl (C=O) groups is 1. The number of thiazole rings is 1. The van der Waals surface area contributed by atoms with Gasteiger partial charge in [0.1, 0.15) is 11.3 Å². The SMILES string of the molecule is COc1ccc(N2CCS(=O)CC2)c2sc(NC(=O)c3ccccc3)nc12. The molecule has 1 aliphatic rings. The highest BCUT2D eigenvalue weighted by molar-refractivity contribution is 7.85. The fourth-order valence-corrected chi connectivity index (χ4v) is 5.15. The van der Waals surface area contributed by atoms with E-state index in [1.54, 1.807) is 19.2 Å². The Kier molecular flexibility index (Phi) is 5.09. The topological polar surface area (TPSA) is 71.5 Å². The molecular formula is C19H19N3O3S2. The van der Waals surface area contributed by atoms with Crippen molar-refractivity contribution >= 4 is 49.1 Å². The summed E-state index contributed by atoms with van der Waals surface area (Å²) in [5.41, 5.74) is 2.36. The number of nitrogens with one attached hydrogen (secondary N) is 1. The molecule has 1 N–H and O–H groups in total. The van der Waals surface area contributed by atoms with Crippen LogP contribution < -0.4 is 15.0 Å². The van der Waals surface area contributed by atoms with Crippen LogP contribution in [-0.4, -0.2) is 46.8 Å². The number of hydrogen-bond donors (Lipinski definition) is 1. The largest absolute Gasteiger partial charge is 0.494 e. The maximum Gasteiger partial charge on any atom is 0.257 e. The van der Waals surface area contributed by atoms with E-state index in [1.165, 1.54) is 11.3 Å². The summed E-state index contributed by atoms with van der Waals surface area (Å²) in [5.74, 6) is 1.82. The average Bonchev–Trinajstić information content (AvgIpc) is 3.12. The summed E-state index contributed by atoms with van der Waals surface area (Å²) in [6.45, 7) is 1.50. The Morgan fingerprint density at radius 1 is 1.19 bits per heavy atom. The molecule has 2 aromatic carbocycles. The molecule has 0 saturated carbocycles. The smallest absolute Gasteiger partial charge is 0.257 e. The Hall–Kier alpha value is -2.45. The molecular weight excluding hydrogens is 382 g/mol. The number of aromatic nitrogens is 1. The van der Waals surface area contributed by atoms with Gasteiger partial charge in [0.05, 0.1) is 17.5 Å². The van der Waals surface area contributed by atoms with E-state index in [-0.39, 0.29) is 5.91 Å². The van der Waals surface area contributed by atoms with Gasteiger partial charge in [0.25, 0.3) is 5.91 Å². The third-order valence-corrected chi connectivity index (χ3v) is 6.75. The van der Waals surface area contributed by atoms with Crippen LogP contribution in [0.1, 0.15) is 10.4 Å². The summed E-state index contributed by atoms with van der Waals surface area (Å²) < 4.78 is 18.1. The van der Waals surface area contributed by atoms with Crippen molar-refractivity contribution in [2.24, 2.45) is 0 Å². The summed E-state index contributed by atoms with van der Waals surface area (Å²) >= 11 is 1.43. The first kappa shape index (κ1) is 17.9. The molecule has 6 nitrogen and oxygen atoms in total. The van der Waals surface area contributed by atoms with Crippen LogP contribution in [-0.2, 0) is 10.8 Å². The number of hydrogen-bond acceptors (Lipinski definition) is 6. The minimum absolute atomic E-state index is 0.191. The first-order chi connectivity index (χ1) is 13.2. The standard InChI is InChI=1S/C19H19N3O3S2/c1-25-15-8-7-14(22-9-11-27(24)12-10-22)17-16(15)20-19(26-17)21-18(23)13-5-3-2-4-6-13/h2-8H,9-12H2,1H3,(H,20,21,23). The Bertz CT molecular complexity index is 994. The van der Waals surface area contributed by atoms with Gasteiger partial charge in [-0.1, -0.05) is 29.5 Å². The molecule has 1 aliphatic heterocycles. The lowest BCUT2D eigenvalue weighted by atomic mass is 10.2. The number of anilines is 2. The Balaban J connectivity index is 1.68. The third-order valence-electron chi connectivity index (χ3n) is 4.48. The van der Waals surface area contributed by atoms with E-state index in [9.17, 15) is 9.00 Å². The molecule has 0 spiro atoms. The second-order valence-corrected chi connectivity index (χ2v) is 8.83. The van der Waals surface area contributed by atoms with Crippen LogP contribution in [0.25, 0.3) is 10.2 Å². The van der Waals surface area contributed by atoms with E-state index < -0.39 is 10.8 Å². The molecule has 0 bridgehead atoms. The number of rotatable bonds is 4. The molecule has 0 atom stereocenters. The molecule has 140 valence electrons. The highest BCUT2D eigenvalue weighted by Gasteiger charge is 2.21. The molecule has 2 heterocycles. The van der Waals surface area contributed by atoms with Crippen molar-refractivity contribution in [2.75, 3.05) is 41.9 Å². The minimum Gasteiger partial charge on any atom is -0.494 e. The molecule has 1 amide bonds. The first-order valence-electron chi connectivity index (χ1n) is 8.59. The van der Waals surface area contributed by atoms with Crippen LogP contribution in [0.3, 0.4) is 0 Å². The summed E-state index contributed by atoms with van der Waals surface area (Å²) in [5, 5.41) is 3.41. The van der Waals surface area contributed by atoms with Crippen LogP contribution in [0.4, 0.5) is 10.8 Å². The maximum atomic E-state index is 12.4. The summed E-state index contributed by atoms with van der Waals surface area (Å²) in [6.07, 6.45) is 0. The van der Waals surface area contributed by atoms with Gasteiger partial charge in [-0.2, -0.15) is 0 Å². The van der Waals surface area contributed by atoms with Crippen LogP contribution in [0.2, 0.25) is 0 Å². The van der Waals surface area contributed by atoms with Gasteiger partial charge in [-0.15, -0.1) is 0 Å². The number of benzene rings is 2. The van der Waals surface area contributed by atoms with Crippen molar-refractivity contribution in [1.29, 1.82) is 0 Å². The van der Waals surface area contributed by atoms with Crippen molar-refractivity contribution in [3.63, 3.8) is 0 Å². The number of amides is 1. The molecule has 0 aliphatic carbocycles. The lowest BCUT2D eigenvalue weighted by molar-refractivity contribution is 0.102. The van der Waals surface area contributed by atoms with Crippen molar-refractivity contribution in [3.05, 3.63) is 48.0 Å². The fourth-order valence-electron chi connectivity index (χ4n) is 3.07. The zero-order valence-corrected chi connectivity index (χ0v) is 16.4. The number of methoxy groups -OCH3 is 1. The molecule has 1 fully saturated rings. The zero-order valence-electron chi connectivity index (χ0n) is 14.8. The van der Waals surface area contributed by atoms with Crippen molar-refractivity contribution < 1.29 is 13.7 Å². The van der Waals surface area contributed by atoms with Gasteiger partial charge in [0.2, 0.25) is 0 Å². The van der Waals surface area contributed by atoms with Crippen LogP contribution in [0.15, 0.2) is 42.5 Å². The van der Waals surface area contributed by atoms with Crippen molar-refractivity contribution in [2.45, 2.75) is 0 Å². The number of ether oxygens (including phenoxy) is 1. The monoisotopic (exact) mass is 401 g/mol. The lowest BCUT2D eigenvalue weighted by Gasteiger charge is -2.28. The van der Waals surface area contributed by atoms with Crippen molar-refractivity contribution in [3.8, 4) is 5.75 Å². The summed E-state index contributed by atoms with van der Waals surface area (Å²) in [6, 6.07) is 13.0. The van der Waals surface area contributed by atoms with Gasteiger partial charge in [-0.05, 0) is 24.3 Å². The fraction of sp³-hybridized carbons (Fsp3) is 0.263. The van der Waals surface area contributed by atoms with Gasteiger partial charge in [-0.25, -0.2) is 4.98 Å². The average molecular weight is 402 g/mol. The molecule has 0 radical (unpaired) electrons. The predicted octanol–water partition coefficient (Wildman–Crippen LogP) is 3.13. The van der Waals surface area contributed by atoms with Gasteiger partial charge >= 0.3 is 0 Å². The second kappa shape index (κ2) is 7.66. The van der Waals surface area contributed by atoms with Crippen LogP contribution >= 0.6 is 11.3 Å². The lowest BCUT2D eigenvalue weighted by Crippen LogP contribution is -2.37. The highest BCUT2D eigenvalue weighted by Crippen LogP contribution is 2.39. The Morgan fingerprint density at radius 2 is 1.93 bits per heavy atom. The maximum absolute atomic E-state index is 12.4. The first-order valence-corrected chi connectivity index (χ1v) is 10.9. The number of carbonyl (C=O) groups excluding carboxylic acids is 1. The highest BCUT2D eigenvalue weighted by atomic mass is 32.2. The quantitative estimate of drug-likeness (QED) is 0.727. The van der Waals surface area contributed by atoms with E-state index in [0.29, 0.717) is 28.0 Å². The molecule has 3 aromatic rings. The number of nitrogens with zero attached hydrogens (tertiary/aromatic N) is 2. The predicted molar refractivity (Wildman–Crippen MR) is 111 cm³/mol. The summed E-state index contributed by atoms with van der Waals surface area (Å²) in [4.78, 5) is 19.3. The van der Waals surface area contributed by atoms with Gasteiger partial charge < -0.3 is 9.64 Å². The molecule has 8 heteroatoms. The molecule has 4 rings (SSSR count). The normalized spacial score (nSPS) is 15.1. The Morgan fingerprint density at radius 3 is 2.63 bits per heavy atom. The number of fused-ring (bicyclic) bond motifs is 1. The summed E-state index contributed by atoms with van der Waals surface area (Å²) in [7, 11) is 0.877. The molecule has 0 unspecified atom stereocenters. The van der Waals surface area contributed by atoms with Crippen LogP contribution in [0.5, 0.6) is 5.75 Å². The minimum atomic E-state index is -0.734. The van der Waals surface area contributed by atoms with Crippen molar-refractivity contribution in [1.82, 2.24) is 4.98 Å². The second-order valence-electron chi connectivity index (χ2n) is 6.14. The Labute approximate surface area is 163 Å². The van der Waals surface area contributed by atoms with E-state index in [1.807, 2.05) is 30.3 Å². The van der Waals surface area contributed by atoms with Gasteiger partial charge in [-0.3, -0.25) is 14.3 Å². The zero-order chi connectivity index (χ0) is 18.8. The third kappa shape index (κ3) is 3.68. The molecule has 27 heavy (non-hydrogen) atoms. The van der Waals surface area contributed by atoms with E-state index >= 15 is 0 Å². The van der Waals surface area contributed by atoms with E-state index in [4.69, 9.17) is 4.74 Å². The molecule has 1 saturated heterocycles.